The highest BCUT2D eigenvalue weighted by molar-refractivity contribution is 7.89. The summed E-state index contributed by atoms with van der Waals surface area (Å²) in [6, 6.07) is 4.82. The summed E-state index contributed by atoms with van der Waals surface area (Å²) < 4.78 is 30.5. The van der Waals surface area contributed by atoms with Crippen LogP contribution in [-0.2, 0) is 16.6 Å². The minimum absolute atomic E-state index is 0.120. The van der Waals surface area contributed by atoms with Gasteiger partial charge in [0.05, 0.1) is 12.2 Å². The molecule has 0 saturated carbocycles. The second-order valence-corrected chi connectivity index (χ2v) is 6.25. The maximum atomic E-state index is 11.5. The Hall–Kier alpha value is -1.57. The normalized spacial score (nSPS) is 11.6. The number of anilines is 1. The monoisotopic (exact) mass is 315 g/mol. The van der Waals surface area contributed by atoms with Gasteiger partial charge in [-0.15, -0.1) is 0 Å². The van der Waals surface area contributed by atoms with Crippen molar-refractivity contribution in [2.75, 3.05) is 12.4 Å². The van der Waals surface area contributed by atoms with E-state index in [2.05, 4.69) is 15.0 Å². The van der Waals surface area contributed by atoms with Gasteiger partial charge in [0.1, 0.15) is 5.76 Å². The molecule has 0 saturated heterocycles. The molecule has 0 fully saturated rings. The lowest BCUT2D eigenvalue weighted by Gasteiger charge is -2.09. The number of hydrogen-bond donors (Lipinski definition) is 2. The zero-order valence-corrected chi connectivity index (χ0v) is 12.5. The quantitative estimate of drug-likeness (QED) is 0.826. The van der Waals surface area contributed by atoms with Crippen molar-refractivity contribution in [2.24, 2.45) is 0 Å². The van der Waals surface area contributed by atoms with Crippen LogP contribution in [0.4, 0.5) is 5.69 Å². The van der Waals surface area contributed by atoms with Crippen molar-refractivity contribution in [1.29, 1.82) is 0 Å². The van der Waals surface area contributed by atoms with Gasteiger partial charge < -0.3 is 9.73 Å². The lowest BCUT2D eigenvalue weighted by molar-refractivity contribution is 0.417. The Balaban J connectivity index is 2.13. The highest BCUT2D eigenvalue weighted by Crippen LogP contribution is 2.24. The fourth-order valence-corrected chi connectivity index (χ4v) is 2.55. The van der Waals surface area contributed by atoms with Crippen LogP contribution in [0.1, 0.15) is 11.3 Å². The van der Waals surface area contributed by atoms with Crippen molar-refractivity contribution in [3.63, 3.8) is 0 Å². The zero-order chi connectivity index (χ0) is 14.8. The van der Waals surface area contributed by atoms with Gasteiger partial charge in [0.2, 0.25) is 5.09 Å². The number of nitrogens with zero attached hydrogens (tertiary/aromatic N) is 1. The summed E-state index contributed by atoms with van der Waals surface area (Å²) in [5, 5.41) is 3.32. The summed E-state index contributed by atoms with van der Waals surface area (Å²) in [5.41, 5.74) is 1.64. The third kappa shape index (κ3) is 3.12. The number of pyridine rings is 1. The highest BCUT2D eigenvalue weighted by atomic mass is 35.5. The van der Waals surface area contributed by atoms with Gasteiger partial charge in [0.15, 0.2) is 5.15 Å². The first-order chi connectivity index (χ1) is 9.44. The smallest absolute Gasteiger partial charge is 0.273 e. The van der Waals surface area contributed by atoms with Crippen LogP contribution in [0.3, 0.4) is 0 Å². The molecule has 2 rings (SSSR count). The van der Waals surface area contributed by atoms with Crippen LogP contribution in [0.15, 0.2) is 33.9 Å². The molecule has 0 radical (unpaired) electrons. The molecule has 8 heteroatoms. The third-order valence-electron chi connectivity index (χ3n) is 2.72. The van der Waals surface area contributed by atoms with E-state index in [9.17, 15) is 8.42 Å². The summed E-state index contributed by atoms with van der Waals surface area (Å²) >= 11 is 5.99. The molecule has 0 amide bonds. The molecule has 2 N–H and O–H groups in total. The molecule has 0 unspecified atom stereocenters. The minimum atomic E-state index is -3.56. The standard InChI is InChI=1S/C12H14ClN3O3S/c1-8-5-6-15-12(13)11(8)16-7-9-3-4-10(19-9)20(17,18)14-2/h3-6,14,16H,7H2,1-2H3. The van der Waals surface area contributed by atoms with Gasteiger partial charge in [-0.3, -0.25) is 0 Å². The van der Waals surface area contributed by atoms with Crippen molar-refractivity contribution in [3.05, 3.63) is 40.9 Å². The van der Waals surface area contributed by atoms with Crippen LogP contribution in [0, 0.1) is 6.92 Å². The molecule has 2 aromatic heterocycles. The van der Waals surface area contributed by atoms with Gasteiger partial charge >= 0.3 is 0 Å². The highest BCUT2D eigenvalue weighted by Gasteiger charge is 2.16. The van der Waals surface area contributed by atoms with E-state index in [0.29, 0.717) is 23.1 Å². The molecular formula is C12H14ClN3O3S. The summed E-state index contributed by atoms with van der Waals surface area (Å²) in [6.45, 7) is 2.21. The molecule has 0 atom stereocenters. The Morgan fingerprint density at radius 3 is 2.75 bits per heavy atom. The van der Waals surface area contributed by atoms with Crippen LogP contribution in [0.2, 0.25) is 5.15 Å². The number of hydrogen-bond acceptors (Lipinski definition) is 5. The lowest BCUT2D eigenvalue weighted by Crippen LogP contribution is -2.17. The Morgan fingerprint density at radius 1 is 1.35 bits per heavy atom. The second kappa shape index (κ2) is 5.82. The molecule has 6 nitrogen and oxygen atoms in total. The molecule has 2 aromatic rings. The molecule has 2 heterocycles. The predicted molar refractivity (Wildman–Crippen MR) is 76.3 cm³/mol. The lowest BCUT2D eigenvalue weighted by atomic mass is 10.2. The summed E-state index contributed by atoms with van der Waals surface area (Å²) in [7, 11) is -2.23. The molecule has 0 bridgehead atoms. The number of furan rings is 1. The van der Waals surface area contributed by atoms with E-state index < -0.39 is 10.0 Å². The summed E-state index contributed by atoms with van der Waals surface area (Å²) in [6.07, 6.45) is 1.62. The Bertz CT molecular complexity index is 692. The zero-order valence-electron chi connectivity index (χ0n) is 11.0. The van der Waals surface area contributed by atoms with Crippen molar-refractivity contribution in [2.45, 2.75) is 18.6 Å². The molecule has 20 heavy (non-hydrogen) atoms. The van der Waals surface area contributed by atoms with E-state index >= 15 is 0 Å². The number of halogens is 1. The van der Waals surface area contributed by atoms with Crippen molar-refractivity contribution < 1.29 is 12.8 Å². The maximum absolute atomic E-state index is 11.5. The first-order valence-electron chi connectivity index (χ1n) is 5.81. The molecule has 0 aromatic carbocycles. The van der Waals surface area contributed by atoms with Crippen LogP contribution < -0.4 is 10.0 Å². The second-order valence-electron chi connectivity index (χ2n) is 4.08. The number of aryl methyl sites for hydroxylation is 1. The molecule has 0 aliphatic carbocycles. The number of sulfonamides is 1. The van der Waals surface area contributed by atoms with E-state index in [0.717, 1.165) is 5.56 Å². The van der Waals surface area contributed by atoms with Crippen LogP contribution in [-0.4, -0.2) is 20.4 Å². The number of nitrogens with one attached hydrogen (secondary N) is 2. The predicted octanol–water partition coefficient (Wildman–Crippen LogP) is 2.16. The Morgan fingerprint density at radius 2 is 2.10 bits per heavy atom. The minimum Gasteiger partial charge on any atom is -0.446 e. The molecule has 0 aliphatic heterocycles. The molecular weight excluding hydrogens is 302 g/mol. The number of rotatable bonds is 5. The SMILES string of the molecule is CNS(=O)(=O)c1ccc(CNc2c(C)ccnc2Cl)o1. The third-order valence-corrected chi connectivity index (χ3v) is 4.30. The van der Waals surface area contributed by atoms with Gasteiger partial charge in [-0.1, -0.05) is 11.6 Å². The number of aromatic nitrogens is 1. The first-order valence-corrected chi connectivity index (χ1v) is 7.67. The van der Waals surface area contributed by atoms with E-state index in [-0.39, 0.29) is 5.09 Å². The summed E-state index contributed by atoms with van der Waals surface area (Å²) in [5.74, 6) is 0.484. The summed E-state index contributed by atoms with van der Waals surface area (Å²) in [4.78, 5) is 3.98. The average Bonchev–Trinajstić information content (AvgIpc) is 2.88. The fraction of sp³-hybridized carbons (Fsp3) is 0.250. The molecule has 0 aliphatic rings. The van der Waals surface area contributed by atoms with Crippen LogP contribution >= 0.6 is 11.6 Å². The van der Waals surface area contributed by atoms with Crippen LogP contribution in [0.25, 0.3) is 0 Å². The van der Waals surface area contributed by atoms with E-state index in [1.807, 2.05) is 13.0 Å². The molecule has 108 valence electrons. The van der Waals surface area contributed by atoms with Gasteiger partial charge in [-0.2, -0.15) is 0 Å². The average molecular weight is 316 g/mol. The Labute approximate surface area is 122 Å². The topological polar surface area (TPSA) is 84.2 Å². The Kier molecular flexibility index (Phi) is 4.32. The van der Waals surface area contributed by atoms with E-state index in [1.165, 1.54) is 13.1 Å². The van der Waals surface area contributed by atoms with Crippen molar-refractivity contribution in [3.8, 4) is 0 Å². The molecule has 0 spiro atoms. The fourth-order valence-electron chi connectivity index (χ4n) is 1.61. The van der Waals surface area contributed by atoms with Crippen LogP contribution in [0.5, 0.6) is 0 Å². The van der Waals surface area contributed by atoms with Gasteiger partial charge in [0, 0.05) is 6.20 Å². The van der Waals surface area contributed by atoms with Gasteiger partial charge in [-0.25, -0.2) is 18.1 Å². The van der Waals surface area contributed by atoms with E-state index in [4.69, 9.17) is 16.0 Å². The van der Waals surface area contributed by atoms with Crippen molar-refractivity contribution in [1.82, 2.24) is 9.71 Å². The maximum Gasteiger partial charge on any atom is 0.273 e. The van der Waals surface area contributed by atoms with Crippen molar-refractivity contribution >= 4 is 27.3 Å². The first kappa shape index (κ1) is 14.8. The largest absolute Gasteiger partial charge is 0.446 e. The van der Waals surface area contributed by atoms with E-state index in [1.54, 1.807) is 12.3 Å². The van der Waals surface area contributed by atoms with Gasteiger partial charge in [0.25, 0.3) is 10.0 Å². The van der Waals surface area contributed by atoms with Gasteiger partial charge in [-0.05, 0) is 37.7 Å².